The average molecular weight is 152 g/mol. The Balaban J connectivity index is 2.50. The Morgan fingerprint density at radius 1 is 1.64 bits per heavy atom. The third-order valence-corrected chi connectivity index (χ3v) is 1.49. The lowest BCUT2D eigenvalue weighted by Crippen LogP contribution is -1.78. The molecule has 1 aromatic rings. The van der Waals surface area contributed by atoms with Crippen LogP contribution in [0.2, 0.25) is 0 Å². The van der Waals surface area contributed by atoms with Crippen molar-refractivity contribution in [3.63, 3.8) is 0 Å². The van der Waals surface area contributed by atoms with E-state index in [1.54, 1.807) is 6.26 Å². The molecule has 0 bridgehead atoms. The van der Waals surface area contributed by atoms with Crippen LogP contribution < -0.4 is 0 Å². The molecule has 0 amide bonds. The Bertz CT molecular complexity index is 225. The maximum atomic E-state index is 8.70. The van der Waals surface area contributed by atoms with E-state index in [4.69, 9.17) is 9.52 Å². The van der Waals surface area contributed by atoms with Crippen LogP contribution in [0.25, 0.3) is 0 Å². The van der Waals surface area contributed by atoms with Crippen LogP contribution in [0.1, 0.15) is 17.7 Å². The van der Waals surface area contributed by atoms with E-state index >= 15 is 0 Å². The van der Waals surface area contributed by atoms with Crippen molar-refractivity contribution in [3.05, 3.63) is 36.3 Å². The van der Waals surface area contributed by atoms with Gasteiger partial charge in [0.15, 0.2) is 0 Å². The minimum atomic E-state index is 0.0532. The third kappa shape index (κ3) is 2.24. The molecular formula is C9H12O2. The second kappa shape index (κ2) is 3.98. The van der Waals surface area contributed by atoms with Crippen molar-refractivity contribution in [3.8, 4) is 0 Å². The highest BCUT2D eigenvalue weighted by Gasteiger charge is 1.98. The molecule has 1 heterocycles. The van der Waals surface area contributed by atoms with Crippen LogP contribution in [-0.4, -0.2) is 5.11 Å². The highest BCUT2D eigenvalue weighted by Crippen LogP contribution is 2.09. The lowest BCUT2D eigenvalue weighted by molar-refractivity contribution is 0.280. The predicted molar refractivity (Wildman–Crippen MR) is 43.1 cm³/mol. The summed E-state index contributed by atoms with van der Waals surface area (Å²) in [5.74, 6) is 0.911. The van der Waals surface area contributed by atoms with Crippen molar-refractivity contribution in [1.29, 1.82) is 0 Å². The molecule has 0 aliphatic rings. The van der Waals surface area contributed by atoms with Crippen molar-refractivity contribution < 1.29 is 9.52 Å². The van der Waals surface area contributed by atoms with E-state index in [1.165, 1.54) is 0 Å². The lowest BCUT2D eigenvalue weighted by Gasteiger charge is -1.87. The summed E-state index contributed by atoms with van der Waals surface area (Å²) < 4.78 is 5.15. The second-order valence-corrected chi connectivity index (χ2v) is 2.41. The molecule has 1 aromatic heterocycles. The first-order valence-corrected chi connectivity index (χ1v) is 3.65. The summed E-state index contributed by atoms with van der Waals surface area (Å²) in [6.45, 7) is 3.66. The fraction of sp³-hybridized carbons (Fsp3) is 0.333. The van der Waals surface area contributed by atoms with Crippen molar-refractivity contribution >= 4 is 0 Å². The zero-order chi connectivity index (χ0) is 8.10. The molecule has 0 atom stereocenters. The number of hydrogen-bond acceptors (Lipinski definition) is 2. The first kappa shape index (κ1) is 8.08. The van der Waals surface area contributed by atoms with Crippen molar-refractivity contribution in [2.75, 3.05) is 0 Å². The third-order valence-electron chi connectivity index (χ3n) is 1.49. The van der Waals surface area contributed by atoms with Crippen LogP contribution in [0.15, 0.2) is 29.4 Å². The van der Waals surface area contributed by atoms with Gasteiger partial charge in [-0.15, -0.1) is 6.58 Å². The molecule has 1 N–H and O–H groups in total. The first-order valence-electron chi connectivity index (χ1n) is 3.65. The Labute approximate surface area is 66.2 Å². The number of aliphatic hydroxyl groups is 1. The molecule has 2 nitrogen and oxygen atoms in total. The zero-order valence-electron chi connectivity index (χ0n) is 6.42. The number of hydrogen-bond donors (Lipinski definition) is 1. The van der Waals surface area contributed by atoms with Crippen LogP contribution in [0.4, 0.5) is 0 Å². The summed E-state index contributed by atoms with van der Waals surface area (Å²) in [7, 11) is 0. The number of aliphatic hydroxyl groups excluding tert-OH is 1. The average Bonchev–Trinajstić information content (AvgIpc) is 2.48. The Hall–Kier alpha value is -1.02. The summed E-state index contributed by atoms with van der Waals surface area (Å²) in [4.78, 5) is 0. The molecule has 0 aliphatic carbocycles. The van der Waals surface area contributed by atoms with Gasteiger partial charge in [-0.1, -0.05) is 6.08 Å². The molecule has 0 aliphatic heterocycles. The van der Waals surface area contributed by atoms with Gasteiger partial charge < -0.3 is 9.52 Å². The highest BCUT2D eigenvalue weighted by molar-refractivity contribution is 5.11. The molecule has 2 heteroatoms. The van der Waals surface area contributed by atoms with E-state index in [-0.39, 0.29) is 6.61 Å². The molecule has 0 saturated carbocycles. The highest BCUT2D eigenvalue weighted by atomic mass is 16.3. The Morgan fingerprint density at radius 2 is 2.45 bits per heavy atom. The van der Waals surface area contributed by atoms with E-state index in [1.807, 2.05) is 12.1 Å². The standard InChI is InChI=1S/C9H12O2/c1-2-3-4-9-5-8(6-10)7-11-9/h2,5,7,10H,1,3-4,6H2. The van der Waals surface area contributed by atoms with Gasteiger partial charge >= 0.3 is 0 Å². The van der Waals surface area contributed by atoms with Crippen molar-refractivity contribution in [2.45, 2.75) is 19.4 Å². The number of allylic oxidation sites excluding steroid dienone is 1. The maximum absolute atomic E-state index is 8.70. The summed E-state index contributed by atoms with van der Waals surface area (Å²) in [5, 5.41) is 8.70. The minimum absolute atomic E-state index is 0.0532. The largest absolute Gasteiger partial charge is 0.469 e. The topological polar surface area (TPSA) is 33.4 Å². The molecule has 0 radical (unpaired) electrons. The summed E-state index contributed by atoms with van der Waals surface area (Å²) >= 11 is 0. The predicted octanol–water partition coefficient (Wildman–Crippen LogP) is 1.89. The van der Waals surface area contributed by atoms with E-state index in [0.717, 1.165) is 24.2 Å². The molecule has 0 aromatic carbocycles. The number of furan rings is 1. The number of aryl methyl sites for hydroxylation is 1. The summed E-state index contributed by atoms with van der Waals surface area (Å²) in [6, 6.07) is 1.86. The second-order valence-electron chi connectivity index (χ2n) is 2.41. The SMILES string of the molecule is C=CCCc1cc(CO)co1. The van der Waals surface area contributed by atoms with Crippen LogP contribution in [0, 0.1) is 0 Å². The molecule has 60 valence electrons. The van der Waals surface area contributed by atoms with Gasteiger partial charge in [-0.2, -0.15) is 0 Å². The monoisotopic (exact) mass is 152 g/mol. The van der Waals surface area contributed by atoms with Gasteiger partial charge in [0.25, 0.3) is 0 Å². The van der Waals surface area contributed by atoms with Crippen molar-refractivity contribution in [2.24, 2.45) is 0 Å². The number of rotatable bonds is 4. The van der Waals surface area contributed by atoms with Gasteiger partial charge in [-0.3, -0.25) is 0 Å². The van der Waals surface area contributed by atoms with Gasteiger partial charge in [0.2, 0.25) is 0 Å². The lowest BCUT2D eigenvalue weighted by atomic mass is 10.2. The molecule has 1 rings (SSSR count). The quantitative estimate of drug-likeness (QED) is 0.668. The van der Waals surface area contributed by atoms with Gasteiger partial charge in [-0.05, 0) is 12.5 Å². The van der Waals surface area contributed by atoms with Gasteiger partial charge in [0.05, 0.1) is 12.9 Å². The van der Waals surface area contributed by atoms with Crippen molar-refractivity contribution in [1.82, 2.24) is 0 Å². The molecule has 0 saturated heterocycles. The normalized spacial score (nSPS) is 9.91. The Kier molecular flexibility index (Phi) is 2.93. The first-order chi connectivity index (χ1) is 5.36. The maximum Gasteiger partial charge on any atom is 0.104 e. The molecule has 0 fully saturated rings. The van der Waals surface area contributed by atoms with Gasteiger partial charge in [-0.25, -0.2) is 0 Å². The van der Waals surface area contributed by atoms with E-state index in [2.05, 4.69) is 6.58 Å². The summed E-state index contributed by atoms with van der Waals surface area (Å²) in [5.41, 5.74) is 0.837. The van der Waals surface area contributed by atoms with Crippen LogP contribution in [0.3, 0.4) is 0 Å². The van der Waals surface area contributed by atoms with Crippen LogP contribution in [-0.2, 0) is 13.0 Å². The van der Waals surface area contributed by atoms with E-state index in [9.17, 15) is 0 Å². The van der Waals surface area contributed by atoms with E-state index < -0.39 is 0 Å². The molecule has 0 unspecified atom stereocenters. The minimum Gasteiger partial charge on any atom is -0.469 e. The van der Waals surface area contributed by atoms with Crippen LogP contribution >= 0.6 is 0 Å². The van der Waals surface area contributed by atoms with Crippen LogP contribution in [0.5, 0.6) is 0 Å². The van der Waals surface area contributed by atoms with Gasteiger partial charge in [0, 0.05) is 12.0 Å². The molecule has 11 heavy (non-hydrogen) atoms. The molecule has 0 spiro atoms. The zero-order valence-corrected chi connectivity index (χ0v) is 6.42. The molecular weight excluding hydrogens is 140 g/mol. The summed E-state index contributed by atoms with van der Waals surface area (Å²) in [6.07, 6.45) is 5.21. The fourth-order valence-corrected chi connectivity index (χ4v) is 0.885. The van der Waals surface area contributed by atoms with Gasteiger partial charge in [0.1, 0.15) is 5.76 Å². The van der Waals surface area contributed by atoms with E-state index in [0.29, 0.717) is 0 Å². The smallest absolute Gasteiger partial charge is 0.104 e. The Morgan fingerprint density at radius 3 is 3.00 bits per heavy atom. The fourth-order valence-electron chi connectivity index (χ4n) is 0.885.